The summed E-state index contributed by atoms with van der Waals surface area (Å²) in [6.07, 6.45) is -3.80. The minimum atomic E-state index is -1.44. The summed E-state index contributed by atoms with van der Waals surface area (Å²) in [4.78, 5) is 12.2. The van der Waals surface area contributed by atoms with E-state index in [1.807, 2.05) is 0 Å². The Bertz CT molecular complexity index is 588. The fraction of sp³-hybridized carbons (Fsp3) is 0.588. The minimum Gasteiger partial charge on any atom is -0.394 e. The van der Waals surface area contributed by atoms with Gasteiger partial charge in [-0.1, -0.05) is 12.1 Å². The Morgan fingerprint density at radius 3 is 2.58 bits per heavy atom. The van der Waals surface area contributed by atoms with Crippen LogP contribution in [-0.2, 0) is 4.74 Å². The number of aliphatic hydroxyl groups excluding tert-OH is 4. The van der Waals surface area contributed by atoms with Crippen LogP contribution < -0.4 is 5.32 Å². The first-order valence-corrected chi connectivity index (χ1v) is 8.20. The zero-order valence-electron chi connectivity index (χ0n) is 13.2. The lowest BCUT2D eigenvalue weighted by molar-refractivity contribution is -0.231. The molecule has 3 rings (SSSR count). The maximum Gasteiger partial charge on any atom is 0.251 e. The number of amides is 1. The molecule has 1 saturated heterocycles. The van der Waals surface area contributed by atoms with E-state index in [1.165, 1.54) is 0 Å². The number of nitrogens with one attached hydrogen (secondary N) is 1. The number of aliphatic hydroxyl groups is 4. The van der Waals surface area contributed by atoms with E-state index in [0.29, 0.717) is 23.6 Å². The number of hydrogen-bond donors (Lipinski definition) is 5. The zero-order valence-corrected chi connectivity index (χ0v) is 13.2. The number of ether oxygens (including phenoxy) is 1. The fourth-order valence-electron chi connectivity index (χ4n) is 2.90. The van der Waals surface area contributed by atoms with Crippen LogP contribution in [-0.4, -0.2) is 63.9 Å². The third-order valence-corrected chi connectivity index (χ3v) is 4.62. The molecule has 2 aliphatic rings. The van der Waals surface area contributed by atoms with Crippen LogP contribution in [0.15, 0.2) is 24.3 Å². The second-order valence-corrected chi connectivity index (χ2v) is 6.53. The first-order valence-electron chi connectivity index (χ1n) is 8.20. The first-order chi connectivity index (χ1) is 11.5. The smallest absolute Gasteiger partial charge is 0.251 e. The number of carbonyl (C=O) groups excluding carboxylic acids is 1. The summed E-state index contributed by atoms with van der Waals surface area (Å²) < 4.78 is 5.52. The van der Waals surface area contributed by atoms with E-state index in [-0.39, 0.29) is 5.91 Å². The van der Waals surface area contributed by atoms with Crippen LogP contribution in [0.3, 0.4) is 0 Å². The van der Waals surface area contributed by atoms with Gasteiger partial charge in [0.05, 0.1) is 6.61 Å². The van der Waals surface area contributed by atoms with E-state index >= 15 is 0 Å². The van der Waals surface area contributed by atoms with Gasteiger partial charge in [-0.25, -0.2) is 0 Å². The van der Waals surface area contributed by atoms with Crippen LogP contribution in [0, 0.1) is 5.92 Å². The van der Waals surface area contributed by atoms with Crippen LogP contribution in [0.4, 0.5) is 0 Å². The monoisotopic (exact) mass is 337 g/mol. The number of benzene rings is 1. The minimum absolute atomic E-state index is 0.201. The van der Waals surface area contributed by atoms with Crippen molar-refractivity contribution in [1.29, 1.82) is 0 Å². The van der Waals surface area contributed by atoms with Gasteiger partial charge >= 0.3 is 0 Å². The highest BCUT2D eigenvalue weighted by Gasteiger charge is 2.44. The summed E-state index contributed by atoms with van der Waals surface area (Å²) in [6.45, 7) is 0.173. The summed E-state index contributed by atoms with van der Waals surface area (Å²) in [5, 5.41) is 42.0. The quantitative estimate of drug-likeness (QED) is 0.487. The van der Waals surface area contributed by atoms with Crippen molar-refractivity contribution in [3.63, 3.8) is 0 Å². The van der Waals surface area contributed by atoms with Crippen molar-refractivity contribution in [2.24, 2.45) is 5.92 Å². The predicted octanol–water partition coefficient (Wildman–Crippen LogP) is -0.659. The lowest BCUT2D eigenvalue weighted by atomic mass is 9.90. The van der Waals surface area contributed by atoms with Crippen molar-refractivity contribution in [3.8, 4) is 0 Å². The van der Waals surface area contributed by atoms with Gasteiger partial charge in [-0.05, 0) is 36.5 Å². The second kappa shape index (κ2) is 7.16. The third-order valence-electron chi connectivity index (χ3n) is 4.62. The molecule has 0 aromatic heterocycles. The highest BCUT2D eigenvalue weighted by Crippen LogP contribution is 2.32. The third kappa shape index (κ3) is 3.60. The van der Waals surface area contributed by atoms with E-state index in [1.54, 1.807) is 24.3 Å². The Kier molecular flexibility index (Phi) is 5.17. The van der Waals surface area contributed by atoms with Crippen molar-refractivity contribution in [1.82, 2.24) is 5.32 Å². The van der Waals surface area contributed by atoms with Crippen LogP contribution in [0.25, 0.3) is 0 Å². The summed E-state index contributed by atoms with van der Waals surface area (Å²) >= 11 is 0. The molecule has 0 unspecified atom stereocenters. The average molecular weight is 337 g/mol. The van der Waals surface area contributed by atoms with Gasteiger partial charge in [0.2, 0.25) is 0 Å². The number of rotatable bonds is 5. The average Bonchev–Trinajstić information content (AvgIpc) is 3.42. The Morgan fingerprint density at radius 2 is 1.92 bits per heavy atom. The van der Waals surface area contributed by atoms with Gasteiger partial charge in [0.1, 0.15) is 30.5 Å². The molecular weight excluding hydrogens is 314 g/mol. The second-order valence-electron chi connectivity index (χ2n) is 6.53. The Hall–Kier alpha value is -1.51. The Morgan fingerprint density at radius 1 is 1.17 bits per heavy atom. The van der Waals surface area contributed by atoms with Crippen LogP contribution >= 0.6 is 0 Å². The molecule has 2 fully saturated rings. The molecule has 5 atom stereocenters. The molecule has 1 saturated carbocycles. The molecule has 7 heteroatoms. The van der Waals surface area contributed by atoms with E-state index in [0.717, 1.165) is 12.8 Å². The molecule has 0 bridgehead atoms. The Balaban J connectivity index is 1.75. The molecule has 1 aliphatic carbocycles. The zero-order chi connectivity index (χ0) is 17.3. The van der Waals surface area contributed by atoms with Crippen LogP contribution in [0.1, 0.15) is 34.9 Å². The largest absolute Gasteiger partial charge is 0.394 e. The molecule has 1 aromatic rings. The molecule has 7 nitrogen and oxygen atoms in total. The Labute approximate surface area is 139 Å². The molecule has 1 heterocycles. The van der Waals surface area contributed by atoms with E-state index < -0.39 is 37.1 Å². The fourth-order valence-corrected chi connectivity index (χ4v) is 2.90. The maximum absolute atomic E-state index is 12.2. The van der Waals surface area contributed by atoms with Crippen molar-refractivity contribution in [2.45, 2.75) is 43.4 Å². The van der Waals surface area contributed by atoms with Gasteiger partial charge in [-0.3, -0.25) is 4.79 Å². The van der Waals surface area contributed by atoms with Crippen molar-refractivity contribution >= 4 is 5.91 Å². The van der Waals surface area contributed by atoms with E-state index in [9.17, 15) is 25.2 Å². The highest BCUT2D eigenvalue weighted by molar-refractivity contribution is 5.94. The first kappa shape index (κ1) is 17.3. The van der Waals surface area contributed by atoms with Crippen LogP contribution in [0.5, 0.6) is 0 Å². The molecule has 24 heavy (non-hydrogen) atoms. The summed E-state index contributed by atoms with van der Waals surface area (Å²) in [5.41, 5.74) is 0.941. The molecule has 1 aromatic carbocycles. The number of carbonyl (C=O) groups is 1. The summed E-state index contributed by atoms with van der Waals surface area (Å²) in [5.74, 6) is 0.371. The van der Waals surface area contributed by atoms with Gasteiger partial charge in [-0.2, -0.15) is 0 Å². The van der Waals surface area contributed by atoms with Crippen LogP contribution in [0.2, 0.25) is 0 Å². The maximum atomic E-state index is 12.2. The van der Waals surface area contributed by atoms with Gasteiger partial charge in [-0.15, -0.1) is 0 Å². The van der Waals surface area contributed by atoms with Crippen molar-refractivity contribution in [3.05, 3.63) is 35.4 Å². The molecule has 1 amide bonds. The molecule has 1 aliphatic heterocycles. The SMILES string of the molecule is O=C(NCC1CC1)c1cccc([C@H]2O[C@H](CO)[C@@H](O)[C@H](O)[C@@H]2O)c1. The highest BCUT2D eigenvalue weighted by atomic mass is 16.5. The van der Waals surface area contributed by atoms with Gasteiger partial charge in [0, 0.05) is 12.1 Å². The molecule has 0 spiro atoms. The topological polar surface area (TPSA) is 119 Å². The number of hydrogen-bond acceptors (Lipinski definition) is 6. The molecule has 132 valence electrons. The van der Waals surface area contributed by atoms with Gasteiger partial charge in [0.15, 0.2) is 0 Å². The van der Waals surface area contributed by atoms with Crippen molar-refractivity contribution in [2.75, 3.05) is 13.2 Å². The van der Waals surface area contributed by atoms with Crippen molar-refractivity contribution < 1.29 is 30.0 Å². The molecular formula is C17H23NO6. The molecule has 5 N–H and O–H groups in total. The normalized spacial score (nSPS) is 33.2. The predicted molar refractivity (Wildman–Crippen MR) is 84.2 cm³/mol. The summed E-state index contributed by atoms with van der Waals surface area (Å²) in [6, 6.07) is 6.60. The van der Waals surface area contributed by atoms with Gasteiger partial charge < -0.3 is 30.5 Å². The van der Waals surface area contributed by atoms with Gasteiger partial charge in [0.25, 0.3) is 5.91 Å². The summed E-state index contributed by atoms with van der Waals surface area (Å²) in [7, 11) is 0. The molecule has 0 radical (unpaired) electrons. The lowest BCUT2D eigenvalue weighted by Gasteiger charge is -2.40. The van der Waals surface area contributed by atoms with E-state index in [2.05, 4.69) is 5.32 Å². The lowest BCUT2D eigenvalue weighted by Crippen LogP contribution is -2.55. The standard InChI is InChI=1S/C17H23NO6/c19-8-12-13(20)14(21)15(22)16(24-12)10-2-1-3-11(6-10)17(23)18-7-9-4-5-9/h1-3,6,9,12-16,19-22H,4-5,7-8H2,(H,18,23)/t12-,13-,14+,15+,16-/m1/s1. The van der Waals surface area contributed by atoms with E-state index in [4.69, 9.17) is 4.74 Å².